The van der Waals surface area contributed by atoms with E-state index < -0.39 is 38.3 Å². The summed E-state index contributed by atoms with van der Waals surface area (Å²) in [6, 6.07) is 0. The Bertz CT molecular complexity index is 510. The fraction of sp³-hybridized carbons (Fsp3) is 0.333. The number of hydrogen-bond donors (Lipinski definition) is 0. The number of halogens is 4. The van der Waals surface area contributed by atoms with Crippen LogP contribution in [0.3, 0.4) is 0 Å². The maximum Gasteiger partial charge on any atom is 0.301 e. The Labute approximate surface area is 97.7 Å². The molecule has 90 valence electrons. The van der Waals surface area contributed by atoms with E-state index in [2.05, 4.69) is 10.2 Å². The summed E-state index contributed by atoms with van der Waals surface area (Å²) in [6.07, 6.45) is -3.42. The summed E-state index contributed by atoms with van der Waals surface area (Å²) < 4.78 is 58.0. The number of sulfone groups is 1. The molecule has 0 N–H and O–H groups in total. The topological polar surface area (TPSA) is 59.9 Å². The lowest BCUT2D eigenvalue weighted by Crippen LogP contribution is -2.06. The van der Waals surface area contributed by atoms with Gasteiger partial charge in [0.2, 0.25) is 18.6 Å². The van der Waals surface area contributed by atoms with Crippen LogP contribution in [0, 0.1) is 0 Å². The van der Waals surface area contributed by atoms with Crippen LogP contribution in [0.4, 0.5) is 13.2 Å². The first-order valence-corrected chi connectivity index (χ1v) is 6.59. The fourth-order valence-corrected chi connectivity index (χ4v) is 3.21. The molecule has 0 atom stereocenters. The predicted octanol–water partition coefficient (Wildman–Crippen LogP) is 2.43. The molecule has 1 aromatic rings. The highest BCUT2D eigenvalue weighted by Gasteiger charge is 2.21. The third-order valence-electron chi connectivity index (χ3n) is 1.44. The van der Waals surface area contributed by atoms with Crippen LogP contribution in [0.1, 0.15) is 6.42 Å². The molecule has 10 heteroatoms. The van der Waals surface area contributed by atoms with E-state index >= 15 is 0 Å². The van der Waals surface area contributed by atoms with Gasteiger partial charge in [0.05, 0.1) is 5.75 Å². The summed E-state index contributed by atoms with van der Waals surface area (Å²) in [5.41, 5.74) is 0. The van der Waals surface area contributed by atoms with Crippen molar-refractivity contribution in [3.63, 3.8) is 0 Å². The van der Waals surface area contributed by atoms with Crippen molar-refractivity contribution >= 4 is 32.8 Å². The first kappa shape index (κ1) is 13.4. The average molecular weight is 293 g/mol. The molecule has 0 spiro atoms. The van der Waals surface area contributed by atoms with E-state index in [1.54, 1.807) is 0 Å². The lowest BCUT2D eigenvalue weighted by atomic mass is 10.4. The smallest absolute Gasteiger partial charge is 0.221 e. The minimum Gasteiger partial charge on any atom is -0.221 e. The van der Waals surface area contributed by atoms with Crippen LogP contribution in [0.5, 0.6) is 0 Å². The normalized spacial score (nSPS) is 11.5. The van der Waals surface area contributed by atoms with Crippen LogP contribution in [0.15, 0.2) is 16.2 Å². The molecule has 0 saturated heterocycles. The van der Waals surface area contributed by atoms with E-state index in [9.17, 15) is 21.6 Å². The summed E-state index contributed by atoms with van der Waals surface area (Å²) in [5, 5.41) is 6.48. The van der Waals surface area contributed by atoms with Crippen molar-refractivity contribution in [1.82, 2.24) is 10.2 Å². The second-order valence-corrected chi connectivity index (χ2v) is 6.40. The van der Waals surface area contributed by atoms with Gasteiger partial charge in [-0.2, -0.15) is 8.78 Å². The van der Waals surface area contributed by atoms with Crippen molar-refractivity contribution in [2.24, 2.45) is 0 Å². The van der Waals surface area contributed by atoms with E-state index in [0.29, 0.717) is 11.3 Å². The number of hydrogen-bond acceptors (Lipinski definition) is 5. The zero-order valence-electron chi connectivity index (χ0n) is 7.45. The second kappa shape index (κ2) is 5.11. The molecule has 16 heavy (non-hydrogen) atoms. The van der Waals surface area contributed by atoms with Crippen molar-refractivity contribution in [3.8, 4) is 0 Å². The molecule has 1 rings (SSSR count). The molecule has 0 fully saturated rings. The molecule has 0 aromatic carbocycles. The molecular formula is C6H4ClF3N2O2S2. The quantitative estimate of drug-likeness (QED) is 0.855. The molecule has 0 aliphatic carbocycles. The number of aromatic nitrogens is 2. The van der Waals surface area contributed by atoms with Gasteiger partial charge in [0.25, 0.3) is 0 Å². The Morgan fingerprint density at radius 3 is 2.38 bits per heavy atom. The minimum absolute atomic E-state index is 0.0914. The fourth-order valence-electron chi connectivity index (χ4n) is 0.724. The Morgan fingerprint density at radius 2 is 1.94 bits per heavy atom. The SMILES string of the molecule is O=S(=O)(CCC(F)=C(F)F)c1nnc(Cl)s1. The summed E-state index contributed by atoms with van der Waals surface area (Å²) in [6.45, 7) is 0. The Hall–Kier alpha value is -0.670. The molecule has 1 heterocycles. The van der Waals surface area contributed by atoms with Crippen molar-refractivity contribution < 1.29 is 21.6 Å². The van der Waals surface area contributed by atoms with E-state index in [4.69, 9.17) is 11.6 Å². The molecule has 1 aromatic heterocycles. The van der Waals surface area contributed by atoms with Gasteiger partial charge in [-0.05, 0) is 11.6 Å². The van der Waals surface area contributed by atoms with Crippen molar-refractivity contribution in [1.29, 1.82) is 0 Å². The standard InChI is InChI=1S/C6H4ClF3N2O2S2/c7-5-11-12-6(15-5)16(13,14)2-1-3(8)4(9)10/h1-2H2. The zero-order valence-corrected chi connectivity index (χ0v) is 9.84. The van der Waals surface area contributed by atoms with Gasteiger partial charge in [-0.25, -0.2) is 12.8 Å². The highest BCUT2D eigenvalue weighted by Crippen LogP contribution is 2.22. The lowest BCUT2D eigenvalue weighted by molar-refractivity contribution is 0.373. The van der Waals surface area contributed by atoms with E-state index in [1.807, 2.05) is 0 Å². The molecule has 0 unspecified atom stereocenters. The highest BCUT2D eigenvalue weighted by molar-refractivity contribution is 7.93. The predicted molar refractivity (Wildman–Crippen MR) is 51.9 cm³/mol. The molecule has 4 nitrogen and oxygen atoms in total. The molecule has 0 amide bonds. The largest absolute Gasteiger partial charge is 0.301 e. The van der Waals surface area contributed by atoms with Gasteiger partial charge in [-0.15, -0.1) is 10.2 Å². The van der Waals surface area contributed by atoms with E-state index in [0.717, 1.165) is 0 Å². The lowest BCUT2D eigenvalue weighted by Gasteiger charge is -1.97. The van der Waals surface area contributed by atoms with Gasteiger partial charge in [-0.1, -0.05) is 11.3 Å². The maximum atomic E-state index is 12.4. The van der Waals surface area contributed by atoms with E-state index in [1.165, 1.54) is 0 Å². The molecule has 0 bridgehead atoms. The van der Waals surface area contributed by atoms with Crippen LogP contribution in [-0.4, -0.2) is 24.4 Å². The molecule has 0 saturated carbocycles. The highest BCUT2D eigenvalue weighted by atomic mass is 35.5. The summed E-state index contributed by atoms with van der Waals surface area (Å²) in [7, 11) is -3.92. The van der Waals surface area contributed by atoms with Gasteiger partial charge in [0, 0.05) is 6.42 Å². The van der Waals surface area contributed by atoms with Crippen molar-refractivity contribution in [2.75, 3.05) is 5.75 Å². The molecular weight excluding hydrogens is 289 g/mol. The summed E-state index contributed by atoms with van der Waals surface area (Å²) in [4.78, 5) is 0. The monoisotopic (exact) mass is 292 g/mol. The zero-order chi connectivity index (χ0) is 12.3. The third-order valence-corrected chi connectivity index (χ3v) is 4.62. The summed E-state index contributed by atoms with van der Waals surface area (Å²) in [5.74, 6) is -2.55. The Balaban J connectivity index is 2.78. The minimum atomic E-state index is -3.92. The Kier molecular flexibility index (Phi) is 4.28. The van der Waals surface area contributed by atoms with Gasteiger partial charge in [0.15, 0.2) is 5.83 Å². The van der Waals surface area contributed by atoms with Crippen LogP contribution < -0.4 is 0 Å². The molecule has 0 radical (unpaired) electrons. The maximum absolute atomic E-state index is 12.4. The third kappa shape index (κ3) is 3.42. The number of nitrogens with zero attached hydrogens (tertiary/aromatic N) is 2. The van der Waals surface area contributed by atoms with Gasteiger partial charge in [-0.3, -0.25) is 0 Å². The van der Waals surface area contributed by atoms with E-state index in [-0.39, 0.29) is 4.47 Å². The van der Waals surface area contributed by atoms with Gasteiger partial charge >= 0.3 is 6.08 Å². The van der Waals surface area contributed by atoms with Gasteiger partial charge < -0.3 is 0 Å². The van der Waals surface area contributed by atoms with Crippen molar-refractivity contribution in [2.45, 2.75) is 10.8 Å². The molecule has 0 aliphatic heterocycles. The second-order valence-electron chi connectivity index (χ2n) is 2.56. The number of rotatable bonds is 4. The average Bonchev–Trinajstić information content (AvgIpc) is 2.61. The number of allylic oxidation sites excluding steroid dienone is 1. The van der Waals surface area contributed by atoms with Crippen LogP contribution >= 0.6 is 22.9 Å². The summed E-state index contributed by atoms with van der Waals surface area (Å²) >= 11 is 5.94. The Morgan fingerprint density at radius 1 is 1.31 bits per heavy atom. The van der Waals surface area contributed by atoms with Crippen LogP contribution in [-0.2, 0) is 9.84 Å². The van der Waals surface area contributed by atoms with Crippen molar-refractivity contribution in [3.05, 3.63) is 16.4 Å². The molecule has 0 aliphatic rings. The van der Waals surface area contributed by atoms with Crippen LogP contribution in [0.25, 0.3) is 0 Å². The first-order chi connectivity index (χ1) is 7.33. The van der Waals surface area contributed by atoms with Gasteiger partial charge in [0.1, 0.15) is 0 Å². The first-order valence-electron chi connectivity index (χ1n) is 3.74. The van der Waals surface area contributed by atoms with Crippen LogP contribution in [0.2, 0.25) is 4.47 Å².